The van der Waals surface area contributed by atoms with Crippen molar-refractivity contribution in [3.8, 4) is 0 Å². The van der Waals surface area contributed by atoms with E-state index in [0.29, 0.717) is 17.3 Å². The summed E-state index contributed by atoms with van der Waals surface area (Å²) < 4.78 is 1.64. The fourth-order valence-electron chi connectivity index (χ4n) is 3.30. The molecule has 0 unspecified atom stereocenters. The number of nitrogens with zero attached hydrogens (tertiary/aromatic N) is 2. The van der Waals surface area contributed by atoms with E-state index in [1.807, 2.05) is 18.2 Å². The number of rotatable bonds is 6. The summed E-state index contributed by atoms with van der Waals surface area (Å²) in [7, 11) is 0. The van der Waals surface area contributed by atoms with E-state index in [-0.39, 0.29) is 17.1 Å². The standard InChI is InChI=1S/C20H18N2O2S2/c1-2-11-22-19(24)17-14-9-6-10-16(14)26-18(17)21-20(22)25-12-15(23)13-7-4-3-5-8-13/h2-5,7-8H,1,6,9-12H2. The molecular weight excluding hydrogens is 364 g/mol. The lowest BCUT2D eigenvalue weighted by molar-refractivity contribution is 0.102. The van der Waals surface area contributed by atoms with Crippen molar-refractivity contribution in [3.05, 3.63) is 69.3 Å². The maximum Gasteiger partial charge on any atom is 0.263 e. The van der Waals surface area contributed by atoms with Gasteiger partial charge in [0.25, 0.3) is 5.56 Å². The highest BCUT2D eigenvalue weighted by Gasteiger charge is 2.23. The predicted molar refractivity (Wildman–Crippen MR) is 108 cm³/mol. The van der Waals surface area contributed by atoms with Crippen LogP contribution in [0.25, 0.3) is 10.2 Å². The van der Waals surface area contributed by atoms with Crippen molar-refractivity contribution in [2.24, 2.45) is 0 Å². The van der Waals surface area contributed by atoms with E-state index >= 15 is 0 Å². The molecule has 0 radical (unpaired) electrons. The monoisotopic (exact) mass is 382 g/mol. The Hall–Kier alpha value is -2.18. The number of carbonyl (C=O) groups excluding carboxylic acids is 1. The quantitative estimate of drug-likeness (QED) is 0.279. The summed E-state index contributed by atoms with van der Waals surface area (Å²) in [6, 6.07) is 9.20. The molecule has 0 atom stereocenters. The fraction of sp³-hybridized carbons (Fsp3) is 0.250. The van der Waals surface area contributed by atoms with Gasteiger partial charge < -0.3 is 0 Å². The number of carbonyl (C=O) groups is 1. The van der Waals surface area contributed by atoms with E-state index in [2.05, 4.69) is 6.58 Å². The summed E-state index contributed by atoms with van der Waals surface area (Å²) in [4.78, 5) is 32.3. The van der Waals surface area contributed by atoms with Gasteiger partial charge in [-0.25, -0.2) is 4.98 Å². The highest BCUT2D eigenvalue weighted by molar-refractivity contribution is 7.99. The third kappa shape index (κ3) is 3.04. The van der Waals surface area contributed by atoms with Crippen molar-refractivity contribution in [1.82, 2.24) is 9.55 Å². The molecule has 0 saturated heterocycles. The second-order valence-electron chi connectivity index (χ2n) is 6.21. The summed E-state index contributed by atoms with van der Waals surface area (Å²) in [5, 5.41) is 1.36. The zero-order valence-corrected chi connectivity index (χ0v) is 15.9. The minimum atomic E-state index is -0.0102. The number of ketones is 1. The third-order valence-corrected chi connectivity index (χ3v) is 6.69. The van der Waals surface area contributed by atoms with Gasteiger partial charge >= 0.3 is 0 Å². The molecule has 4 nitrogen and oxygen atoms in total. The Balaban J connectivity index is 1.70. The molecule has 2 aromatic heterocycles. The predicted octanol–water partition coefficient (Wildman–Crippen LogP) is 4.11. The van der Waals surface area contributed by atoms with Crippen LogP contribution in [0.4, 0.5) is 0 Å². The van der Waals surface area contributed by atoms with Gasteiger partial charge in [0.1, 0.15) is 4.83 Å². The number of thiophene rings is 1. The van der Waals surface area contributed by atoms with Crippen LogP contribution in [0, 0.1) is 0 Å². The Kier molecular flexibility index (Phi) is 4.78. The van der Waals surface area contributed by atoms with Crippen LogP contribution in [-0.2, 0) is 19.4 Å². The Morgan fingerprint density at radius 1 is 1.31 bits per heavy atom. The number of aromatic nitrogens is 2. The van der Waals surface area contributed by atoms with Crippen LogP contribution in [0.1, 0.15) is 27.2 Å². The van der Waals surface area contributed by atoms with E-state index < -0.39 is 0 Å². The normalized spacial score (nSPS) is 13.1. The van der Waals surface area contributed by atoms with Gasteiger partial charge in [-0.15, -0.1) is 17.9 Å². The first-order valence-corrected chi connectivity index (χ1v) is 10.4. The molecule has 1 aliphatic carbocycles. The van der Waals surface area contributed by atoms with E-state index in [4.69, 9.17) is 4.98 Å². The van der Waals surface area contributed by atoms with Gasteiger partial charge in [-0.05, 0) is 24.8 Å². The number of hydrogen-bond donors (Lipinski definition) is 0. The number of aryl methyl sites for hydroxylation is 2. The lowest BCUT2D eigenvalue weighted by Crippen LogP contribution is -2.23. The van der Waals surface area contributed by atoms with Gasteiger partial charge in [-0.3, -0.25) is 14.2 Å². The molecule has 0 saturated carbocycles. The molecular formula is C20H18N2O2S2. The summed E-state index contributed by atoms with van der Waals surface area (Å²) in [6.45, 7) is 4.16. The largest absolute Gasteiger partial charge is 0.293 e. The molecule has 0 aliphatic heterocycles. The summed E-state index contributed by atoms with van der Waals surface area (Å²) in [6.07, 6.45) is 4.80. The lowest BCUT2D eigenvalue weighted by atomic mass is 10.2. The number of benzene rings is 1. The summed E-state index contributed by atoms with van der Waals surface area (Å²) in [5.41, 5.74) is 1.84. The summed E-state index contributed by atoms with van der Waals surface area (Å²) in [5.74, 6) is 0.285. The van der Waals surface area contributed by atoms with E-state index in [0.717, 1.165) is 29.5 Å². The summed E-state index contributed by atoms with van der Waals surface area (Å²) >= 11 is 2.94. The second kappa shape index (κ2) is 7.21. The Morgan fingerprint density at radius 3 is 2.88 bits per heavy atom. The Bertz CT molecular complexity index is 1050. The molecule has 2 heterocycles. The zero-order valence-electron chi connectivity index (χ0n) is 14.2. The van der Waals surface area contributed by atoms with Gasteiger partial charge in [-0.1, -0.05) is 48.2 Å². The van der Waals surface area contributed by atoms with Crippen molar-refractivity contribution < 1.29 is 4.79 Å². The van der Waals surface area contributed by atoms with E-state index in [9.17, 15) is 9.59 Å². The molecule has 0 N–H and O–H groups in total. The molecule has 1 aliphatic rings. The molecule has 26 heavy (non-hydrogen) atoms. The SMILES string of the molecule is C=CCn1c(SCC(=O)c2ccccc2)nc2sc3c(c2c1=O)CCC3. The molecule has 132 valence electrons. The average Bonchev–Trinajstić information content (AvgIpc) is 3.24. The van der Waals surface area contributed by atoms with Gasteiger partial charge in [0.05, 0.1) is 11.1 Å². The number of Topliss-reactive ketones (excluding diaryl/α,β-unsaturated/α-hetero) is 1. The van der Waals surface area contributed by atoms with Crippen molar-refractivity contribution >= 4 is 39.1 Å². The van der Waals surface area contributed by atoms with Crippen molar-refractivity contribution in [2.45, 2.75) is 31.0 Å². The van der Waals surface area contributed by atoms with Crippen LogP contribution in [0.2, 0.25) is 0 Å². The van der Waals surface area contributed by atoms with E-state index in [1.165, 1.54) is 22.2 Å². The van der Waals surface area contributed by atoms with Crippen LogP contribution in [0.15, 0.2) is 52.9 Å². The second-order valence-corrected chi connectivity index (χ2v) is 8.24. The average molecular weight is 383 g/mol. The number of thioether (sulfide) groups is 1. The Labute approximate surface area is 159 Å². The smallest absolute Gasteiger partial charge is 0.263 e. The number of fused-ring (bicyclic) bond motifs is 3. The van der Waals surface area contributed by atoms with Crippen LogP contribution in [0.3, 0.4) is 0 Å². The van der Waals surface area contributed by atoms with Crippen molar-refractivity contribution in [2.75, 3.05) is 5.75 Å². The van der Waals surface area contributed by atoms with Crippen LogP contribution >= 0.6 is 23.1 Å². The highest BCUT2D eigenvalue weighted by Crippen LogP contribution is 2.35. The molecule has 3 aromatic rings. The molecule has 0 fully saturated rings. The lowest BCUT2D eigenvalue weighted by Gasteiger charge is -2.10. The van der Waals surface area contributed by atoms with Crippen LogP contribution in [0.5, 0.6) is 0 Å². The first kappa shape index (κ1) is 17.2. The van der Waals surface area contributed by atoms with Gasteiger partial charge in [0.15, 0.2) is 10.9 Å². The maximum absolute atomic E-state index is 13.1. The van der Waals surface area contributed by atoms with Gasteiger partial charge in [-0.2, -0.15) is 0 Å². The van der Waals surface area contributed by atoms with Gasteiger partial charge in [0.2, 0.25) is 0 Å². The Morgan fingerprint density at radius 2 is 2.12 bits per heavy atom. The molecule has 0 spiro atoms. The topological polar surface area (TPSA) is 52.0 Å². The molecule has 4 rings (SSSR count). The molecule has 0 amide bonds. The highest BCUT2D eigenvalue weighted by atomic mass is 32.2. The molecule has 1 aromatic carbocycles. The minimum absolute atomic E-state index is 0.0102. The molecule has 0 bridgehead atoms. The number of allylic oxidation sites excluding steroid dienone is 1. The van der Waals surface area contributed by atoms with Crippen molar-refractivity contribution in [3.63, 3.8) is 0 Å². The zero-order chi connectivity index (χ0) is 18.1. The minimum Gasteiger partial charge on any atom is -0.293 e. The first-order valence-electron chi connectivity index (χ1n) is 8.56. The van der Waals surface area contributed by atoms with Crippen LogP contribution in [-0.4, -0.2) is 21.1 Å². The maximum atomic E-state index is 13.1. The van der Waals surface area contributed by atoms with Crippen LogP contribution < -0.4 is 5.56 Å². The van der Waals surface area contributed by atoms with E-state index in [1.54, 1.807) is 34.1 Å². The third-order valence-electron chi connectivity index (χ3n) is 4.53. The molecule has 6 heteroatoms. The van der Waals surface area contributed by atoms with Crippen molar-refractivity contribution in [1.29, 1.82) is 0 Å². The first-order chi connectivity index (χ1) is 12.7. The number of hydrogen-bond acceptors (Lipinski definition) is 5. The fourth-order valence-corrected chi connectivity index (χ4v) is 5.50. The van der Waals surface area contributed by atoms with Gasteiger partial charge in [0, 0.05) is 17.0 Å².